The van der Waals surface area contributed by atoms with Crippen LogP contribution < -0.4 is 0 Å². The molecule has 0 aromatic carbocycles. The second-order valence-corrected chi connectivity index (χ2v) is 7.98. The fourth-order valence-corrected chi connectivity index (χ4v) is 5.14. The lowest BCUT2D eigenvalue weighted by molar-refractivity contribution is -0.173. The van der Waals surface area contributed by atoms with Crippen molar-refractivity contribution in [1.82, 2.24) is 0 Å². The maximum absolute atomic E-state index is 12.0. The van der Waals surface area contributed by atoms with E-state index in [9.17, 15) is 15.0 Å². The maximum atomic E-state index is 12.0. The summed E-state index contributed by atoms with van der Waals surface area (Å²) in [6.07, 6.45) is 7.02. The van der Waals surface area contributed by atoms with Crippen LogP contribution in [0, 0.1) is 22.7 Å². The molecule has 128 valence electrons. The monoisotopic (exact) mass is 318 g/mol. The molecule has 0 aromatic heterocycles. The summed E-state index contributed by atoms with van der Waals surface area (Å²) in [5.74, 6) is -0.495. The molecule has 0 bridgehead atoms. The molecule has 3 nitrogen and oxygen atoms in total. The van der Waals surface area contributed by atoms with Crippen LogP contribution in [-0.2, 0) is 4.79 Å². The highest BCUT2D eigenvalue weighted by Crippen LogP contribution is 2.61. The number of aliphatic hydroxyl groups is 1. The molecule has 0 spiro atoms. The summed E-state index contributed by atoms with van der Waals surface area (Å²) in [7, 11) is 0. The lowest BCUT2D eigenvalue weighted by Gasteiger charge is -2.58. The number of carboxylic acid groups (broad SMARTS) is 1. The summed E-state index contributed by atoms with van der Waals surface area (Å²) in [6.45, 7) is 14.1. The summed E-state index contributed by atoms with van der Waals surface area (Å²) in [5, 5.41) is 20.2. The summed E-state index contributed by atoms with van der Waals surface area (Å²) >= 11 is 0. The molecule has 5 atom stereocenters. The Morgan fingerprint density at radius 2 is 2.04 bits per heavy atom. The normalized spacial score (nSPS) is 41.3. The highest BCUT2D eigenvalue weighted by Gasteiger charge is 2.59. The second-order valence-electron chi connectivity index (χ2n) is 7.98. The van der Waals surface area contributed by atoms with E-state index in [0.717, 1.165) is 24.8 Å². The van der Waals surface area contributed by atoms with E-state index in [0.29, 0.717) is 12.8 Å². The average molecular weight is 318 g/mol. The third-order valence-corrected chi connectivity index (χ3v) is 6.43. The zero-order valence-corrected chi connectivity index (χ0v) is 14.6. The highest BCUT2D eigenvalue weighted by molar-refractivity contribution is 5.75. The number of allylic oxidation sites excluding steroid dienone is 4. The molecular weight excluding hydrogens is 288 g/mol. The van der Waals surface area contributed by atoms with Gasteiger partial charge in [-0.05, 0) is 63.2 Å². The van der Waals surface area contributed by atoms with E-state index in [1.165, 1.54) is 5.57 Å². The van der Waals surface area contributed by atoms with Gasteiger partial charge in [-0.25, -0.2) is 0 Å². The SMILES string of the molecule is C=C/C(C)=C/C[C@H]1C(=C)CC[C@@H]2[C@]1(C)C[C@@H](O)C[C@@]2(C)C(=O)O. The Balaban J connectivity index is 2.42. The Kier molecular flexibility index (Phi) is 4.91. The number of carbonyl (C=O) groups is 1. The topological polar surface area (TPSA) is 57.5 Å². The van der Waals surface area contributed by atoms with Crippen molar-refractivity contribution in [2.75, 3.05) is 0 Å². The Morgan fingerprint density at radius 3 is 2.61 bits per heavy atom. The molecule has 0 unspecified atom stereocenters. The van der Waals surface area contributed by atoms with Crippen LogP contribution in [0.4, 0.5) is 0 Å². The standard InChI is InChI=1S/C20H30O3/c1-6-13(2)7-9-16-14(3)8-10-17-19(16,4)11-15(21)12-20(17,5)18(22)23/h6-7,15-17,21H,1,3,8-12H2,2,4-5H3,(H,22,23)/b13-7+/t15-,16+,17-,19-,20-/m1/s1. The number of carboxylic acids is 1. The molecule has 0 heterocycles. The van der Waals surface area contributed by atoms with Crippen LogP contribution in [0.1, 0.15) is 52.9 Å². The Bertz CT molecular complexity index is 547. The van der Waals surface area contributed by atoms with Gasteiger partial charge < -0.3 is 10.2 Å². The lowest BCUT2D eigenvalue weighted by atomic mass is 9.46. The molecule has 2 N–H and O–H groups in total. The van der Waals surface area contributed by atoms with Crippen LogP contribution in [0.5, 0.6) is 0 Å². The van der Waals surface area contributed by atoms with E-state index in [2.05, 4.69) is 26.2 Å². The minimum absolute atomic E-state index is 0.0730. The van der Waals surface area contributed by atoms with Gasteiger partial charge in [0.05, 0.1) is 11.5 Å². The number of rotatable bonds is 4. The highest BCUT2D eigenvalue weighted by atomic mass is 16.4. The average Bonchev–Trinajstić information content (AvgIpc) is 2.44. The molecule has 2 aliphatic rings. The molecule has 23 heavy (non-hydrogen) atoms. The molecule has 0 aliphatic heterocycles. The zero-order valence-electron chi connectivity index (χ0n) is 14.6. The minimum atomic E-state index is -0.859. The first-order valence-corrected chi connectivity index (χ1v) is 8.53. The number of hydrogen-bond acceptors (Lipinski definition) is 2. The number of aliphatic hydroxyl groups excluding tert-OH is 1. The van der Waals surface area contributed by atoms with Crippen molar-refractivity contribution >= 4 is 5.97 Å². The van der Waals surface area contributed by atoms with Gasteiger partial charge in [-0.3, -0.25) is 4.79 Å². The minimum Gasteiger partial charge on any atom is -0.481 e. The maximum Gasteiger partial charge on any atom is 0.309 e. The van der Waals surface area contributed by atoms with Crippen LogP contribution in [0.25, 0.3) is 0 Å². The molecule has 2 fully saturated rings. The number of fused-ring (bicyclic) bond motifs is 1. The summed E-state index contributed by atoms with van der Waals surface area (Å²) in [5.41, 5.74) is 1.24. The molecule has 3 heteroatoms. The summed E-state index contributed by atoms with van der Waals surface area (Å²) < 4.78 is 0. The van der Waals surface area contributed by atoms with Gasteiger partial charge in [-0.1, -0.05) is 43.4 Å². The van der Waals surface area contributed by atoms with E-state index in [1.54, 1.807) is 0 Å². The molecule has 2 rings (SSSR count). The molecule has 0 radical (unpaired) electrons. The Labute approximate surface area is 139 Å². The van der Waals surface area contributed by atoms with Crippen LogP contribution in [0.2, 0.25) is 0 Å². The van der Waals surface area contributed by atoms with Crippen molar-refractivity contribution in [2.24, 2.45) is 22.7 Å². The van der Waals surface area contributed by atoms with Gasteiger partial charge >= 0.3 is 5.97 Å². The Hall–Kier alpha value is -1.35. The molecule has 0 aromatic rings. The quantitative estimate of drug-likeness (QED) is 0.599. The van der Waals surface area contributed by atoms with Gasteiger partial charge in [0, 0.05) is 0 Å². The van der Waals surface area contributed by atoms with Crippen LogP contribution in [-0.4, -0.2) is 22.3 Å². The summed E-state index contributed by atoms with van der Waals surface area (Å²) in [6, 6.07) is 0. The number of hydrogen-bond donors (Lipinski definition) is 2. The molecular formula is C20H30O3. The molecule has 0 amide bonds. The van der Waals surface area contributed by atoms with Crippen molar-refractivity contribution < 1.29 is 15.0 Å². The van der Waals surface area contributed by atoms with Gasteiger partial charge in [0.1, 0.15) is 0 Å². The van der Waals surface area contributed by atoms with E-state index in [4.69, 9.17) is 0 Å². The van der Waals surface area contributed by atoms with Crippen LogP contribution >= 0.6 is 0 Å². The first-order valence-electron chi connectivity index (χ1n) is 8.53. The molecule has 0 saturated heterocycles. The van der Waals surface area contributed by atoms with Gasteiger partial charge in [0.15, 0.2) is 0 Å². The Morgan fingerprint density at radius 1 is 1.39 bits per heavy atom. The molecule has 2 aliphatic carbocycles. The fourth-order valence-electron chi connectivity index (χ4n) is 5.14. The van der Waals surface area contributed by atoms with Gasteiger partial charge in [-0.2, -0.15) is 0 Å². The largest absolute Gasteiger partial charge is 0.481 e. The van der Waals surface area contributed by atoms with Crippen molar-refractivity contribution in [1.29, 1.82) is 0 Å². The first-order chi connectivity index (χ1) is 10.6. The number of aliphatic carboxylic acids is 1. The van der Waals surface area contributed by atoms with Crippen LogP contribution in [0.3, 0.4) is 0 Å². The predicted octanol–water partition coefficient (Wildman–Crippen LogP) is 4.34. The van der Waals surface area contributed by atoms with E-state index in [-0.39, 0.29) is 17.3 Å². The van der Waals surface area contributed by atoms with Gasteiger partial charge in [0.25, 0.3) is 0 Å². The fraction of sp³-hybridized carbons (Fsp3) is 0.650. The van der Waals surface area contributed by atoms with E-state index < -0.39 is 17.5 Å². The third-order valence-electron chi connectivity index (χ3n) is 6.43. The smallest absolute Gasteiger partial charge is 0.309 e. The zero-order chi connectivity index (χ0) is 17.4. The second kappa shape index (κ2) is 6.27. The first kappa shape index (κ1) is 18.0. The van der Waals surface area contributed by atoms with Crippen molar-refractivity contribution in [3.05, 3.63) is 36.5 Å². The lowest BCUT2D eigenvalue weighted by Crippen LogP contribution is -2.56. The van der Waals surface area contributed by atoms with Crippen molar-refractivity contribution in [3.63, 3.8) is 0 Å². The van der Waals surface area contributed by atoms with E-state index in [1.807, 2.05) is 19.9 Å². The van der Waals surface area contributed by atoms with E-state index >= 15 is 0 Å². The molecule has 2 saturated carbocycles. The van der Waals surface area contributed by atoms with Crippen LogP contribution in [0.15, 0.2) is 36.5 Å². The summed E-state index contributed by atoms with van der Waals surface area (Å²) in [4.78, 5) is 12.0. The van der Waals surface area contributed by atoms with Crippen molar-refractivity contribution in [2.45, 2.75) is 59.0 Å². The van der Waals surface area contributed by atoms with Gasteiger partial charge in [0.2, 0.25) is 0 Å². The van der Waals surface area contributed by atoms with Crippen molar-refractivity contribution in [3.8, 4) is 0 Å². The van der Waals surface area contributed by atoms with Gasteiger partial charge in [-0.15, -0.1) is 0 Å². The third kappa shape index (κ3) is 3.03. The predicted molar refractivity (Wildman–Crippen MR) is 93.0 cm³/mol.